The molecule has 0 bridgehead atoms. The van der Waals surface area contributed by atoms with Crippen molar-refractivity contribution in [2.45, 2.75) is 45.7 Å². The maximum Gasteiger partial charge on any atom is 0.122 e. The highest BCUT2D eigenvalue weighted by Crippen LogP contribution is 2.24. The van der Waals surface area contributed by atoms with Gasteiger partial charge in [-0.25, -0.2) is 0 Å². The summed E-state index contributed by atoms with van der Waals surface area (Å²) in [7, 11) is 2.13. The zero-order valence-electron chi connectivity index (χ0n) is 11.5. The van der Waals surface area contributed by atoms with Crippen LogP contribution in [-0.2, 0) is 0 Å². The zero-order chi connectivity index (χ0) is 12.8. The summed E-state index contributed by atoms with van der Waals surface area (Å²) < 4.78 is 5.52. The van der Waals surface area contributed by atoms with Gasteiger partial charge in [-0.1, -0.05) is 20.8 Å². The minimum atomic E-state index is 0.123. The Morgan fingerprint density at radius 1 is 1.41 bits per heavy atom. The number of likely N-dealkylation sites (N-methyl/N-ethyl adjacent to an activating group) is 1. The predicted molar refractivity (Wildman–Crippen MR) is 71.8 cm³/mol. The van der Waals surface area contributed by atoms with Crippen LogP contribution in [0.15, 0.2) is 22.8 Å². The zero-order valence-corrected chi connectivity index (χ0v) is 11.5. The Bertz CT molecular complexity index is 295. The van der Waals surface area contributed by atoms with Crippen molar-refractivity contribution in [3.05, 3.63) is 24.2 Å². The van der Waals surface area contributed by atoms with Crippen LogP contribution in [-0.4, -0.2) is 24.5 Å². The topological polar surface area (TPSA) is 42.4 Å². The molecule has 0 radical (unpaired) electrons. The van der Waals surface area contributed by atoms with Crippen molar-refractivity contribution in [1.82, 2.24) is 4.90 Å². The monoisotopic (exact) mass is 238 g/mol. The molecular weight excluding hydrogens is 212 g/mol. The Balaban J connectivity index is 2.69. The van der Waals surface area contributed by atoms with E-state index in [-0.39, 0.29) is 12.1 Å². The molecule has 98 valence electrons. The summed E-state index contributed by atoms with van der Waals surface area (Å²) in [5, 5.41) is 0. The van der Waals surface area contributed by atoms with Gasteiger partial charge in [0.1, 0.15) is 5.76 Å². The largest absolute Gasteiger partial charge is 0.468 e. The summed E-state index contributed by atoms with van der Waals surface area (Å²) in [5.41, 5.74) is 6.21. The first-order valence-electron chi connectivity index (χ1n) is 6.55. The smallest absolute Gasteiger partial charge is 0.122 e. The van der Waals surface area contributed by atoms with E-state index in [1.54, 1.807) is 6.26 Å². The van der Waals surface area contributed by atoms with E-state index in [1.807, 2.05) is 12.1 Å². The van der Waals surface area contributed by atoms with Crippen LogP contribution >= 0.6 is 0 Å². The van der Waals surface area contributed by atoms with Crippen molar-refractivity contribution in [3.63, 3.8) is 0 Å². The minimum absolute atomic E-state index is 0.123. The van der Waals surface area contributed by atoms with Gasteiger partial charge in [-0.15, -0.1) is 0 Å². The molecule has 0 aliphatic heterocycles. The summed E-state index contributed by atoms with van der Waals surface area (Å²) >= 11 is 0. The fraction of sp³-hybridized carbons (Fsp3) is 0.714. The van der Waals surface area contributed by atoms with Gasteiger partial charge in [0.25, 0.3) is 0 Å². The van der Waals surface area contributed by atoms with Crippen molar-refractivity contribution < 1.29 is 4.42 Å². The van der Waals surface area contributed by atoms with E-state index in [9.17, 15) is 0 Å². The lowest BCUT2D eigenvalue weighted by Gasteiger charge is -2.31. The van der Waals surface area contributed by atoms with Gasteiger partial charge in [-0.2, -0.15) is 0 Å². The third kappa shape index (κ3) is 4.17. The lowest BCUT2D eigenvalue weighted by atomic mass is 10.0. The number of hydrogen-bond donors (Lipinski definition) is 1. The molecule has 1 rings (SSSR count). The number of rotatable bonds is 7. The van der Waals surface area contributed by atoms with Crippen LogP contribution in [0.1, 0.15) is 45.4 Å². The molecule has 0 spiro atoms. The van der Waals surface area contributed by atoms with E-state index in [2.05, 4.69) is 32.7 Å². The molecule has 2 unspecified atom stereocenters. The third-order valence-electron chi connectivity index (χ3n) is 3.25. The number of hydrogen-bond acceptors (Lipinski definition) is 3. The quantitative estimate of drug-likeness (QED) is 0.794. The summed E-state index contributed by atoms with van der Waals surface area (Å²) in [6.45, 7) is 7.67. The highest BCUT2D eigenvalue weighted by Gasteiger charge is 2.25. The van der Waals surface area contributed by atoms with E-state index in [1.165, 1.54) is 6.42 Å². The fourth-order valence-corrected chi connectivity index (χ4v) is 2.04. The molecule has 0 saturated carbocycles. The standard InChI is InChI=1S/C14H26N2O/c1-5-12(15)14(13-7-6-10-17-13)16(4)9-8-11(2)3/h6-7,10-12,14H,5,8-9,15H2,1-4H3. The molecule has 2 atom stereocenters. The van der Waals surface area contributed by atoms with Crippen LogP contribution in [0.2, 0.25) is 0 Å². The maximum atomic E-state index is 6.21. The van der Waals surface area contributed by atoms with Crippen LogP contribution < -0.4 is 5.73 Å². The molecule has 1 heterocycles. The molecule has 0 aliphatic rings. The van der Waals surface area contributed by atoms with Gasteiger partial charge in [0.05, 0.1) is 12.3 Å². The second kappa shape index (κ2) is 6.82. The van der Waals surface area contributed by atoms with E-state index in [0.717, 1.165) is 18.7 Å². The molecule has 3 heteroatoms. The molecule has 0 aliphatic carbocycles. The van der Waals surface area contributed by atoms with Crippen molar-refractivity contribution in [3.8, 4) is 0 Å². The molecule has 0 amide bonds. The first kappa shape index (κ1) is 14.3. The number of furan rings is 1. The molecular formula is C14H26N2O. The summed E-state index contributed by atoms with van der Waals surface area (Å²) in [6.07, 6.45) is 3.86. The van der Waals surface area contributed by atoms with Crippen LogP contribution in [0.4, 0.5) is 0 Å². The first-order valence-corrected chi connectivity index (χ1v) is 6.55. The van der Waals surface area contributed by atoms with Crippen molar-refractivity contribution >= 4 is 0 Å². The SMILES string of the molecule is CCC(N)C(c1ccco1)N(C)CCC(C)C. The average molecular weight is 238 g/mol. The normalized spacial score (nSPS) is 15.5. The Kier molecular flexibility index (Phi) is 5.72. The van der Waals surface area contributed by atoms with Gasteiger partial charge in [0.15, 0.2) is 0 Å². The van der Waals surface area contributed by atoms with Crippen molar-refractivity contribution in [2.75, 3.05) is 13.6 Å². The highest BCUT2D eigenvalue weighted by atomic mass is 16.3. The average Bonchev–Trinajstić information content (AvgIpc) is 2.79. The second-order valence-electron chi connectivity index (χ2n) is 5.20. The summed E-state index contributed by atoms with van der Waals surface area (Å²) in [4.78, 5) is 2.31. The molecule has 17 heavy (non-hydrogen) atoms. The lowest BCUT2D eigenvalue weighted by molar-refractivity contribution is 0.175. The Morgan fingerprint density at radius 2 is 2.12 bits per heavy atom. The lowest BCUT2D eigenvalue weighted by Crippen LogP contribution is -2.39. The second-order valence-corrected chi connectivity index (χ2v) is 5.20. The molecule has 2 N–H and O–H groups in total. The Morgan fingerprint density at radius 3 is 2.59 bits per heavy atom. The van der Waals surface area contributed by atoms with E-state index in [0.29, 0.717) is 5.92 Å². The van der Waals surface area contributed by atoms with Gasteiger partial charge in [0.2, 0.25) is 0 Å². The molecule has 0 saturated heterocycles. The first-order chi connectivity index (χ1) is 8.06. The molecule has 0 fully saturated rings. The molecule has 3 nitrogen and oxygen atoms in total. The van der Waals surface area contributed by atoms with Gasteiger partial charge in [-0.05, 0) is 44.5 Å². The minimum Gasteiger partial charge on any atom is -0.468 e. The number of nitrogens with zero attached hydrogens (tertiary/aromatic N) is 1. The van der Waals surface area contributed by atoms with E-state index in [4.69, 9.17) is 10.2 Å². The van der Waals surface area contributed by atoms with Crippen LogP contribution in [0.25, 0.3) is 0 Å². The van der Waals surface area contributed by atoms with Crippen molar-refractivity contribution in [2.24, 2.45) is 11.7 Å². The van der Waals surface area contributed by atoms with E-state index < -0.39 is 0 Å². The van der Waals surface area contributed by atoms with Crippen molar-refractivity contribution in [1.29, 1.82) is 0 Å². The Labute approximate surface area is 105 Å². The van der Waals surface area contributed by atoms with Gasteiger partial charge in [-0.3, -0.25) is 4.90 Å². The third-order valence-corrected chi connectivity index (χ3v) is 3.25. The van der Waals surface area contributed by atoms with Crippen LogP contribution in [0, 0.1) is 5.92 Å². The van der Waals surface area contributed by atoms with Gasteiger partial charge >= 0.3 is 0 Å². The van der Waals surface area contributed by atoms with Gasteiger partial charge in [0, 0.05) is 6.04 Å². The highest BCUT2D eigenvalue weighted by molar-refractivity contribution is 5.07. The van der Waals surface area contributed by atoms with E-state index >= 15 is 0 Å². The Hall–Kier alpha value is -0.800. The maximum absolute atomic E-state index is 6.21. The fourth-order valence-electron chi connectivity index (χ4n) is 2.04. The predicted octanol–water partition coefficient (Wildman–Crippen LogP) is 3.04. The molecule has 1 aromatic rings. The van der Waals surface area contributed by atoms with Crippen LogP contribution in [0.3, 0.4) is 0 Å². The summed E-state index contributed by atoms with van der Waals surface area (Å²) in [5.74, 6) is 1.69. The molecule has 0 aromatic carbocycles. The van der Waals surface area contributed by atoms with Gasteiger partial charge < -0.3 is 10.2 Å². The number of nitrogens with two attached hydrogens (primary N) is 1. The molecule has 1 aromatic heterocycles. The summed E-state index contributed by atoms with van der Waals surface area (Å²) in [6, 6.07) is 4.26. The van der Waals surface area contributed by atoms with Crippen LogP contribution in [0.5, 0.6) is 0 Å².